The van der Waals surface area contributed by atoms with Crippen molar-refractivity contribution in [3.05, 3.63) is 18.0 Å². The summed E-state index contributed by atoms with van der Waals surface area (Å²) >= 11 is 0. The van der Waals surface area contributed by atoms with E-state index in [2.05, 4.69) is 10.2 Å². The van der Waals surface area contributed by atoms with E-state index in [-0.39, 0.29) is 0 Å². The van der Waals surface area contributed by atoms with Gasteiger partial charge in [0, 0.05) is 11.8 Å². The second kappa shape index (κ2) is 1.73. The van der Waals surface area contributed by atoms with Crippen LogP contribution in [0.15, 0.2) is 12.4 Å². The molecule has 3 heteroatoms. The molecule has 0 aliphatic carbocycles. The minimum Gasteiger partial charge on any atom is -0.285 e. The van der Waals surface area contributed by atoms with Crippen LogP contribution in [0.3, 0.4) is 0 Å². The van der Waals surface area contributed by atoms with E-state index < -0.39 is 6.67 Å². The van der Waals surface area contributed by atoms with Gasteiger partial charge in [-0.15, -0.1) is 0 Å². The molecule has 1 N–H and O–H groups in total. The van der Waals surface area contributed by atoms with Crippen LogP contribution in [0.1, 0.15) is 5.56 Å². The van der Waals surface area contributed by atoms with E-state index in [0.717, 1.165) is 0 Å². The van der Waals surface area contributed by atoms with Gasteiger partial charge in [0.05, 0.1) is 6.20 Å². The highest BCUT2D eigenvalue weighted by Gasteiger charge is 1.86. The SMILES string of the molecule is FCc1cn[nH]c1. The summed E-state index contributed by atoms with van der Waals surface area (Å²) in [5, 5.41) is 6.02. The van der Waals surface area contributed by atoms with Gasteiger partial charge in [-0.3, -0.25) is 5.10 Å². The molecule has 0 atom stereocenters. The summed E-state index contributed by atoms with van der Waals surface area (Å²) < 4.78 is 11.5. The average Bonchev–Trinajstić information content (AvgIpc) is 2.14. The number of rotatable bonds is 1. The summed E-state index contributed by atoms with van der Waals surface area (Å²) in [5.41, 5.74) is 0.597. The lowest BCUT2D eigenvalue weighted by atomic mass is 10.4. The van der Waals surface area contributed by atoms with Gasteiger partial charge in [-0.2, -0.15) is 5.10 Å². The summed E-state index contributed by atoms with van der Waals surface area (Å²) in [6, 6.07) is 0. The van der Waals surface area contributed by atoms with Crippen molar-refractivity contribution >= 4 is 0 Å². The molecule has 1 rings (SSSR count). The number of hydrogen-bond donors (Lipinski definition) is 1. The predicted molar refractivity (Wildman–Crippen MR) is 23.4 cm³/mol. The Bertz CT molecular complexity index is 124. The molecule has 1 aromatic heterocycles. The molecule has 0 unspecified atom stereocenters. The molecule has 38 valence electrons. The quantitative estimate of drug-likeness (QED) is 0.557. The molecule has 0 fully saturated rings. The number of H-pyrrole nitrogens is 1. The standard InChI is InChI=1S/C4H5FN2/c5-1-4-2-6-7-3-4/h2-3H,1H2,(H,6,7). The number of alkyl halides is 1. The summed E-state index contributed by atoms with van der Waals surface area (Å²) in [6.07, 6.45) is 2.99. The Morgan fingerprint density at radius 3 is 3.00 bits per heavy atom. The molecule has 0 aliphatic rings. The molecule has 7 heavy (non-hydrogen) atoms. The van der Waals surface area contributed by atoms with Crippen LogP contribution in [0.2, 0.25) is 0 Å². The predicted octanol–water partition coefficient (Wildman–Crippen LogP) is 0.879. The van der Waals surface area contributed by atoms with Crippen molar-refractivity contribution in [1.82, 2.24) is 10.2 Å². The first kappa shape index (κ1) is 4.30. The lowest BCUT2D eigenvalue weighted by Crippen LogP contribution is -1.65. The highest BCUT2D eigenvalue weighted by molar-refractivity contribution is 4.99. The number of aromatic nitrogens is 2. The van der Waals surface area contributed by atoms with E-state index in [4.69, 9.17) is 0 Å². The number of halogens is 1. The first-order valence-corrected chi connectivity index (χ1v) is 1.97. The highest BCUT2D eigenvalue weighted by Crippen LogP contribution is 1.93. The minimum atomic E-state index is -0.434. The molecule has 2 nitrogen and oxygen atoms in total. The van der Waals surface area contributed by atoms with E-state index in [0.29, 0.717) is 5.56 Å². The van der Waals surface area contributed by atoms with Crippen molar-refractivity contribution < 1.29 is 4.39 Å². The Balaban J connectivity index is 2.76. The van der Waals surface area contributed by atoms with Crippen molar-refractivity contribution in [2.75, 3.05) is 0 Å². The smallest absolute Gasteiger partial charge is 0.118 e. The Hall–Kier alpha value is -0.860. The van der Waals surface area contributed by atoms with Crippen LogP contribution < -0.4 is 0 Å². The van der Waals surface area contributed by atoms with Crippen molar-refractivity contribution in [1.29, 1.82) is 0 Å². The van der Waals surface area contributed by atoms with Crippen molar-refractivity contribution in [3.8, 4) is 0 Å². The van der Waals surface area contributed by atoms with E-state index in [1.165, 1.54) is 12.4 Å². The van der Waals surface area contributed by atoms with Crippen LogP contribution >= 0.6 is 0 Å². The number of nitrogens with zero attached hydrogens (tertiary/aromatic N) is 1. The highest BCUT2D eigenvalue weighted by atomic mass is 19.1. The molecular weight excluding hydrogens is 95.1 g/mol. The minimum absolute atomic E-state index is 0.434. The first-order chi connectivity index (χ1) is 3.43. The van der Waals surface area contributed by atoms with Crippen LogP contribution in [0.25, 0.3) is 0 Å². The monoisotopic (exact) mass is 100 g/mol. The maximum atomic E-state index is 11.5. The zero-order valence-corrected chi connectivity index (χ0v) is 3.69. The first-order valence-electron chi connectivity index (χ1n) is 1.97. The number of nitrogens with one attached hydrogen (secondary N) is 1. The Kier molecular flexibility index (Phi) is 1.06. The van der Waals surface area contributed by atoms with Gasteiger partial charge >= 0.3 is 0 Å². The molecule has 0 saturated heterocycles. The largest absolute Gasteiger partial charge is 0.285 e. The molecule has 0 radical (unpaired) electrons. The maximum absolute atomic E-state index is 11.5. The maximum Gasteiger partial charge on any atom is 0.118 e. The topological polar surface area (TPSA) is 28.7 Å². The van der Waals surface area contributed by atoms with Crippen LogP contribution in [0.5, 0.6) is 0 Å². The van der Waals surface area contributed by atoms with Gasteiger partial charge < -0.3 is 0 Å². The van der Waals surface area contributed by atoms with Gasteiger partial charge in [0.15, 0.2) is 0 Å². The Labute approximate surface area is 40.4 Å². The molecule has 1 heterocycles. The molecule has 0 aliphatic heterocycles. The second-order valence-corrected chi connectivity index (χ2v) is 1.24. The second-order valence-electron chi connectivity index (χ2n) is 1.24. The third kappa shape index (κ3) is 0.765. The van der Waals surface area contributed by atoms with E-state index >= 15 is 0 Å². The van der Waals surface area contributed by atoms with E-state index in [1.54, 1.807) is 0 Å². The molecule has 0 spiro atoms. The molecule has 0 amide bonds. The normalized spacial score (nSPS) is 9.29. The molecular formula is C4H5FN2. The van der Waals surface area contributed by atoms with Gasteiger partial charge in [0.2, 0.25) is 0 Å². The zero-order valence-electron chi connectivity index (χ0n) is 3.69. The summed E-state index contributed by atoms with van der Waals surface area (Å²) in [6.45, 7) is -0.434. The summed E-state index contributed by atoms with van der Waals surface area (Å²) in [7, 11) is 0. The van der Waals surface area contributed by atoms with Gasteiger partial charge in [0.1, 0.15) is 6.67 Å². The molecule has 0 bridgehead atoms. The fourth-order valence-corrected chi connectivity index (χ4v) is 0.351. The fourth-order valence-electron chi connectivity index (χ4n) is 0.351. The lowest BCUT2D eigenvalue weighted by molar-refractivity contribution is 0.485. The van der Waals surface area contributed by atoms with Crippen LogP contribution in [0, 0.1) is 0 Å². The third-order valence-corrected chi connectivity index (χ3v) is 0.709. The van der Waals surface area contributed by atoms with Gasteiger partial charge in [-0.05, 0) is 0 Å². The lowest BCUT2D eigenvalue weighted by Gasteiger charge is -1.73. The third-order valence-electron chi connectivity index (χ3n) is 0.709. The average molecular weight is 100 g/mol. The van der Waals surface area contributed by atoms with Crippen molar-refractivity contribution in [2.24, 2.45) is 0 Å². The Morgan fingerprint density at radius 2 is 2.71 bits per heavy atom. The van der Waals surface area contributed by atoms with Gasteiger partial charge in [-0.25, -0.2) is 4.39 Å². The van der Waals surface area contributed by atoms with Crippen LogP contribution in [0.4, 0.5) is 4.39 Å². The summed E-state index contributed by atoms with van der Waals surface area (Å²) in [5.74, 6) is 0. The number of hydrogen-bond acceptors (Lipinski definition) is 1. The Morgan fingerprint density at radius 1 is 1.86 bits per heavy atom. The van der Waals surface area contributed by atoms with E-state index in [9.17, 15) is 4.39 Å². The van der Waals surface area contributed by atoms with Crippen molar-refractivity contribution in [3.63, 3.8) is 0 Å². The van der Waals surface area contributed by atoms with Gasteiger partial charge in [-0.1, -0.05) is 0 Å². The molecule has 1 aromatic rings. The van der Waals surface area contributed by atoms with Crippen LogP contribution in [-0.2, 0) is 6.67 Å². The summed E-state index contributed by atoms with van der Waals surface area (Å²) in [4.78, 5) is 0. The van der Waals surface area contributed by atoms with E-state index in [1.807, 2.05) is 0 Å². The fraction of sp³-hybridized carbons (Fsp3) is 0.250. The molecule has 0 aromatic carbocycles. The number of aromatic amines is 1. The zero-order chi connectivity index (χ0) is 5.11. The molecule has 0 saturated carbocycles. The van der Waals surface area contributed by atoms with Crippen molar-refractivity contribution in [2.45, 2.75) is 6.67 Å². The van der Waals surface area contributed by atoms with Gasteiger partial charge in [0.25, 0.3) is 0 Å². The van der Waals surface area contributed by atoms with Crippen LogP contribution in [-0.4, -0.2) is 10.2 Å².